The molecule has 0 spiro atoms. The molecule has 9 nitrogen and oxygen atoms in total. The number of unbranched alkanes of at least 4 members (excludes halogenated alkanes) is 16. The maximum absolute atomic E-state index is 12.7. The number of hydrogen-bond donors (Lipinski definition) is 1. The van der Waals surface area contributed by atoms with E-state index in [4.69, 9.17) is 18.5 Å². The molecular weight excluding hydrogens is 774 g/mol. The smallest absolute Gasteiger partial charge is 0.462 e. The number of likely N-dealkylation sites (N-methyl/N-ethyl adjacent to an activating group) is 1. The topological polar surface area (TPSA) is 108 Å². The number of nitrogens with zero attached hydrogens (tertiary/aromatic N) is 1. The third-order valence-corrected chi connectivity index (χ3v) is 10.7. The van der Waals surface area contributed by atoms with Gasteiger partial charge in [0.15, 0.2) is 6.10 Å². The maximum atomic E-state index is 12.7. The molecule has 346 valence electrons. The summed E-state index contributed by atoms with van der Waals surface area (Å²) in [5.74, 6) is -0.872. The lowest BCUT2D eigenvalue weighted by molar-refractivity contribution is -0.870. The number of allylic oxidation sites excluding steroid dienone is 12. The number of carbonyl (C=O) groups is 2. The van der Waals surface area contributed by atoms with Crippen LogP contribution in [0.4, 0.5) is 0 Å². The summed E-state index contributed by atoms with van der Waals surface area (Å²) in [5.41, 5.74) is 0. The Morgan fingerprint density at radius 3 is 1.48 bits per heavy atom. The normalized spacial score (nSPS) is 14.2. The van der Waals surface area contributed by atoms with Crippen molar-refractivity contribution in [3.05, 3.63) is 72.9 Å². The molecule has 1 unspecified atom stereocenters. The second kappa shape index (κ2) is 41.8. The number of carbonyl (C=O) groups excluding carboxylic acids is 2. The van der Waals surface area contributed by atoms with E-state index < -0.39 is 26.5 Å². The van der Waals surface area contributed by atoms with E-state index in [2.05, 4.69) is 80.7 Å². The van der Waals surface area contributed by atoms with Gasteiger partial charge in [0.1, 0.15) is 19.8 Å². The molecular formula is C50H89NO8P+. The van der Waals surface area contributed by atoms with Gasteiger partial charge < -0.3 is 18.9 Å². The van der Waals surface area contributed by atoms with Crippen LogP contribution in [-0.4, -0.2) is 74.9 Å². The summed E-state index contributed by atoms with van der Waals surface area (Å²) in [5, 5.41) is 0. The van der Waals surface area contributed by atoms with Crippen molar-refractivity contribution < 1.29 is 42.1 Å². The molecule has 0 saturated heterocycles. The minimum absolute atomic E-state index is 0.0176. The van der Waals surface area contributed by atoms with E-state index in [1.54, 1.807) is 0 Å². The Morgan fingerprint density at radius 2 is 0.967 bits per heavy atom. The number of quaternary nitrogens is 1. The average molecular weight is 863 g/mol. The zero-order chi connectivity index (χ0) is 44.3. The zero-order valence-corrected chi connectivity index (χ0v) is 39.8. The second-order valence-electron chi connectivity index (χ2n) is 16.8. The van der Waals surface area contributed by atoms with E-state index in [-0.39, 0.29) is 32.0 Å². The van der Waals surface area contributed by atoms with Gasteiger partial charge in [-0.3, -0.25) is 18.6 Å². The Balaban J connectivity index is 4.40. The van der Waals surface area contributed by atoms with E-state index in [1.165, 1.54) is 89.9 Å². The van der Waals surface area contributed by atoms with Gasteiger partial charge in [-0.1, -0.05) is 164 Å². The number of phosphoric acid groups is 1. The molecule has 60 heavy (non-hydrogen) atoms. The fourth-order valence-electron chi connectivity index (χ4n) is 6.04. The quantitative estimate of drug-likeness (QED) is 0.0212. The minimum Gasteiger partial charge on any atom is -0.462 e. The van der Waals surface area contributed by atoms with E-state index in [0.717, 1.165) is 51.4 Å². The van der Waals surface area contributed by atoms with Crippen LogP contribution < -0.4 is 0 Å². The molecule has 0 aliphatic rings. The molecule has 0 saturated carbocycles. The van der Waals surface area contributed by atoms with Crippen LogP contribution in [0, 0.1) is 0 Å². The van der Waals surface area contributed by atoms with Crippen LogP contribution >= 0.6 is 7.82 Å². The molecule has 0 aromatic rings. The van der Waals surface area contributed by atoms with Crippen LogP contribution in [0.1, 0.15) is 181 Å². The van der Waals surface area contributed by atoms with Crippen LogP contribution in [0.3, 0.4) is 0 Å². The van der Waals surface area contributed by atoms with Crippen LogP contribution in [0.15, 0.2) is 72.9 Å². The Kier molecular flexibility index (Phi) is 40.0. The van der Waals surface area contributed by atoms with Crippen LogP contribution in [0.25, 0.3) is 0 Å². The Hall–Kier alpha value is -2.55. The van der Waals surface area contributed by atoms with Gasteiger partial charge in [-0.2, -0.15) is 0 Å². The Morgan fingerprint density at radius 1 is 0.533 bits per heavy atom. The van der Waals surface area contributed by atoms with E-state index >= 15 is 0 Å². The standard InChI is InChI=1S/C50H88NO8P/c1-6-8-10-12-14-16-18-20-22-24-25-27-28-30-32-34-36-38-40-42-49(52)56-46-48(47-58-60(54,55)57-45-44-51(3,4)5)59-50(53)43-41-39-37-35-33-31-29-26-23-21-19-17-15-13-11-9-7-2/h9,11,15,17,20-23,29,31,35,37,48H,6-8,10,12-14,16,18-19,24-28,30,32-34,36,38-47H2,1-5H3/p+1/b11-9-,17-15-,22-20-,23-21-,31-29-,37-35-/t48-/m1/s1. The highest BCUT2D eigenvalue weighted by Gasteiger charge is 2.27. The zero-order valence-electron chi connectivity index (χ0n) is 38.9. The Bertz CT molecular complexity index is 1250. The van der Waals surface area contributed by atoms with Gasteiger partial charge in [-0.15, -0.1) is 0 Å². The molecule has 0 radical (unpaired) electrons. The first-order valence-electron chi connectivity index (χ1n) is 23.7. The van der Waals surface area contributed by atoms with Crippen molar-refractivity contribution >= 4 is 19.8 Å². The number of hydrogen-bond acceptors (Lipinski definition) is 7. The Labute approximate surface area is 368 Å². The van der Waals surface area contributed by atoms with Crippen molar-refractivity contribution in [1.82, 2.24) is 0 Å². The maximum Gasteiger partial charge on any atom is 0.472 e. The first kappa shape index (κ1) is 57.4. The summed E-state index contributed by atoms with van der Waals surface area (Å²) in [7, 11) is 1.43. The SMILES string of the molecule is CC/C=C\C/C=C\C/C=C\C/C=C\C/C=C\CCCC(=O)O[C@H](COC(=O)CCCCCCCCCCC/C=C\CCCCCCCC)COP(=O)(O)OCC[N+](C)(C)C. The summed E-state index contributed by atoms with van der Waals surface area (Å²) in [6.45, 7) is 4.23. The van der Waals surface area contributed by atoms with Gasteiger partial charge in [-0.05, 0) is 77.0 Å². The van der Waals surface area contributed by atoms with Crippen LogP contribution in [0.5, 0.6) is 0 Å². The van der Waals surface area contributed by atoms with Gasteiger partial charge in [0.2, 0.25) is 0 Å². The molecule has 10 heteroatoms. The van der Waals surface area contributed by atoms with Crippen molar-refractivity contribution in [1.29, 1.82) is 0 Å². The van der Waals surface area contributed by atoms with Gasteiger partial charge in [0.25, 0.3) is 0 Å². The molecule has 0 fully saturated rings. The summed E-state index contributed by atoms with van der Waals surface area (Å²) in [4.78, 5) is 35.4. The molecule has 0 bridgehead atoms. The molecule has 0 heterocycles. The number of phosphoric ester groups is 1. The summed E-state index contributed by atoms with van der Waals surface area (Å²) in [6.07, 6.45) is 52.5. The highest BCUT2D eigenvalue weighted by atomic mass is 31.2. The van der Waals surface area contributed by atoms with Crippen LogP contribution in [-0.2, 0) is 32.7 Å². The lowest BCUT2D eigenvalue weighted by Gasteiger charge is -2.24. The lowest BCUT2D eigenvalue weighted by Crippen LogP contribution is -2.37. The summed E-state index contributed by atoms with van der Waals surface area (Å²) < 4.78 is 34.3. The van der Waals surface area contributed by atoms with Crippen molar-refractivity contribution in [2.45, 2.75) is 187 Å². The molecule has 0 rings (SSSR count). The van der Waals surface area contributed by atoms with Gasteiger partial charge in [0.05, 0.1) is 27.7 Å². The third kappa shape index (κ3) is 45.0. The summed E-state index contributed by atoms with van der Waals surface area (Å²) >= 11 is 0. The average Bonchev–Trinajstić information content (AvgIpc) is 3.20. The van der Waals surface area contributed by atoms with Crippen molar-refractivity contribution in [3.63, 3.8) is 0 Å². The van der Waals surface area contributed by atoms with Crippen molar-refractivity contribution in [2.75, 3.05) is 47.5 Å². The largest absolute Gasteiger partial charge is 0.472 e. The van der Waals surface area contributed by atoms with Crippen LogP contribution in [0.2, 0.25) is 0 Å². The molecule has 2 atom stereocenters. The van der Waals surface area contributed by atoms with Gasteiger partial charge in [0, 0.05) is 12.8 Å². The highest BCUT2D eigenvalue weighted by Crippen LogP contribution is 2.43. The molecule has 1 N–H and O–H groups in total. The second-order valence-corrected chi connectivity index (χ2v) is 18.2. The minimum atomic E-state index is -4.40. The summed E-state index contributed by atoms with van der Waals surface area (Å²) in [6, 6.07) is 0. The van der Waals surface area contributed by atoms with E-state index in [0.29, 0.717) is 23.9 Å². The fraction of sp³-hybridized carbons (Fsp3) is 0.720. The predicted octanol–water partition coefficient (Wildman–Crippen LogP) is 13.8. The van der Waals surface area contributed by atoms with Gasteiger partial charge >= 0.3 is 19.8 Å². The first-order valence-corrected chi connectivity index (χ1v) is 25.2. The third-order valence-electron chi connectivity index (χ3n) is 9.72. The monoisotopic (exact) mass is 863 g/mol. The lowest BCUT2D eigenvalue weighted by atomic mass is 10.1. The predicted molar refractivity (Wildman–Crippen MR) is 252 cm³/mol. The van der Waals surface area contributed by atoms with E-state index in [9.17, 15) is 19.0 Å². The van der Waals surface area contributed by atoms with Crippen molar-refractivity contribution in [2.24, 2.45) is 0 Å². The molecule has 0 aliphatic carbocycles. The molecule has 0 aromatic heterocycles. The van der Waals surface area contributed by atoms with Crippen molar-refractivity contribution in [3.8, 4) is 0 Å². The first-order chi connectivity index (χ1) is 29.0. The number of esters is 2. The number of rotatable bonds is 42. The highest BCUT2D eigenvalue weighted by molar-refractivity contribution is 7.47. The molecule has 0 aromatic carbocycles. The van der Waals surface area contributed by atoms with Gasteiger partial charge in [-0.25, -0.2) is 4.57 Å². The fourth-order valence-corrected chi connectivity index (χ4v) is 6.79. The van der Waals surface area contributed by atoms with E-state index in [1.807, 2.05) is 27.2 Å². The molecule has 0 amide bonds. The molecule has 0 aliphatic heterocycles. The number of ether oxygens (including phenoxy) is 2.